The fourth-order valence-electron chi connectivity index (χ4n) is 3.01. The molecule has 0 saturated heterocycles. The van der Waals surface area contributed by atoms with E-state index < -0.39 is 41.7 Å². The van der Waals surface area contributed by atoms with Crippen LogP contribution in [-0.4, -0.2) is 68.4 Å². The van der Waals surface area contributed by atoms with Gasteiger partial charge in [0.05, 0.1) is 11.4 Å². The summed E-state index contributed by atoms with van der Waals surface area (Å²) in [5.74, 6) is -3.67. The Morgan fingerprint density at radius 2 is 1.42 bits per heavy atom. The molecule has 0 aliphatic heterocycles. The molecule has 0 saturated carbocycles. The van der Waals surface area contributed by atoms with Crippen molar-refractivity contribution >= 4 is 46.9 Å². The predicted octanol–water partition coefficient (Wildman–Crippen LogP) is -1.46. The normalized spacial score (nSPS) is 12.1. The maximum Gasteiger partial charge on any atom is 0.325 e. The molecule has 0 aliphatic rings. The van der Waals surface area contributed by atoms with Crippen LogP contribution < -0.4 is 32.7 Å². The minimum atomic E-state index is -1.21. The fourth-order valence-corrected chi connectivity index (χ4v) is 3.01. The van der Waals surface area contributed by atoms with Gasteiger partial charge < -0.3 is 47.0 Å². The van der Waals surface area contributed by atoms with Gasteiger partial charge in [0.15, 0.2) is 5.96 Å². The highest BCUT2D eigenvalue weighted by molar-refractivity contribution is 6.06. The van der Waals surface area contributed by atoms with E-state index in [0.29, 0.717) is 11.4 Å². The second-order valence-electron chi connectivity index (χ2n) is 7.96. The zero-order valence-corrected chi connectivity index (χ0v) is 20.2. The molecule has 194 valence electrons. The topological polar surface area (TPSA) is 228 Å². The SMILES string of the molecule is CC(NC(=O)C(C)NC(=O)c1cc(NC(=O)c2cc(NC(=O)CN=C(N)N)cn2C)cn1C)C(=O)O. The average molecular weight is 504 g/mol. The Balaban J connectivity index is 2.04. The first kappa shape index (κ1) is 27.4. The number of aliphatic carboxylic acids is 1. The van der Waals surface area contributed by atoms with Gasteiger partial charge in [0.2, 0.25) is 11.8 Å². The number of anilines is 2. The Labute approximate surface area is 205 Å². The van der Waals surface area contributed by atoms with E-state index in [9.17, 15) is 24.0 Å². The van der Waals surface area contributed by atoms with E-state index in [1.807, 2.05) is 0 Å². The molecule has 2 heterocycles. The van der Waals surface area contributed by atoms with Crippen LogP contribution in [0.1, 0.15) is 34.8 Å². The molecule has 0 bridgehead atoms. The lowest BCUT2D eigenvalue weighted by Crippen LogP contribution is -2.49. The van der Waals surface area contributed by atoms with Crippen molar-refractivity contribution < 1.29 is 29.1 Å². The maximum atomic E-state index is 12.8. The molecule has 2 aromatic rings. The van der Waals surface area contributed by atoms with Gasteiger partial charge in [-0.2, -0.15) is 0 Å². The molecular formula is C21H29N9O6. The van der Waals surface area contributed by atoms with Crippen LogP contribution in [0.25, 0.3) is 0 Å². The van der Waals surface area contributed by atoms with E-state index in [2.05, 4.69) is 26.3 Å². The molecule has 0 fully saturated rings. The number of hydrogen-bond acceptors (Lipinski definition) is 6. The number of nitrogens with two attached hydrogens (primary N) is 2. The van der Waals surface area contributed by atoms with E-state index in [4.69, 9.17) is 16.6 Å². The monoisotopic (exact) mass is 503 g/mol. The molecule has 9 N–H and O–H groups in total. The summed E-state index contributed by atoms with van der Waals surface area (Å²) in [5, 5.41) is 18.9. The zero-order valence-electron chi connectivity index (χ0n) is 20.2. The van der Waals surface area contributed by atoms with Crippen molar-refractivity contribution in [3.05, 3.63) is 35.9 Å². The number of hydrogen-bond donors (Lipinski definition) is 7. The number of aryl methyl sites for hydroxylation is 2. The predicted molar refractivity (Wildman–Crippen MR) is 130 cm³/mol. The molecule has 2 rings (SSSR count). The number of rotatable bonds is 10. The second kappa shape index (κ2) is 11.5. The van der Waals surface area contributed by atoms with Gasteiger partial charge in [-0.05, 0) is 26.0 Å². The lowest BCUT2D eigenvalue weighted by Gasteiger charge is -2.16. The number of carboxylic acids is 1. The highest BCUT2D eigenvalue weighted by atomic mass is 16.4. The average Bonchev–Trinajstić information content (AvgIpc) is 3.33. The van der Waals surface area contributed by atoms with Crippen LogP contribution in [0, 0.1) is 0 Å². The van der Waals surface area contributed by atoms with Crippen LogP contribution in [0.3, 0.4) is 0 Å². The highest BCUT2D eigenvalue weighted by Crippen LogP contribution is 2.17. The summed E-state index contributed by atoms with van der Waals surface area (Å²) in [6.45, 7) is 2.44. The quantitative estimate of drug-likeness (QED) is 0.149. The summed E-state index contributed by atoms with van der Waals surface area (Å²) in [7, 11) is 3.19. The van der Waals surface area contributed by atoms with Gasteiger partial charge in [-0.15, -0.1) is 0 Å². The summed E-state index contributed by atoms with van der Waals surface area (Å²) < 4.78 is 2.95. The molecule has 0 spiro atoms. The number of nitrogens with zero attached hydrogens (tertiary/aromatic N) is 3. The first-order chi connectivity index (χ1) is 16.8. The standard InChI is InChI=1S/C21H29N9O6/c1-10(17(32)26-11(2)20(35)36)25-18(33)14-6-13(9-30(14)4)28-19(34)15-5-12(8-29(15)3)27-16(31)7-24-21(22)23/h5-6,8-11H,7H2,1-4H3,(H,25,33)(H,26,32)(H,27,31)(H,28,34)(H,35,36)(H4,22,23,24). The number of nitrogens with one attached hydrogen (secondary N) is 4. The van der Waals surface area contributed by atoms with E-state index >= 15 is 0 Å². The van der Waals surface area contributed by atoms with Gasteiger partial charge in [-0.3, -0.25) is 24.0 Å². The first-order valence-electron chi connectivity index (χ1n) is 10.6. The van der Waals surface area contributed by atoms with Crippen molar-refractivity contribution in [2.45, 2.75) is 25.9 Å². The van der Waals surface area contributed by atoms with Crippen LogP contribution in [0.5, 0.6) is 0 Å². The third-order valence-corrected chi connectivity index (χ3v) is 4.89. The van der Waals surface area contributed by atoms with E-state index in [1.165, 1.54) is 47.5 Å². The van der Waals surface area contributed by atoms with E-state index in [0.717, 1.165) is 0 Å². The van der Waals surface area contributed by atoms with E-state index in [-0.39, 0.29) is 23.9 Å². The number of guanidine groups is 1. The smallest absolute Gasteiger partial charge is 0.325 e. The van der Waals surface area contributed by atoms with Crippen LogP contribution in [-0.2, 0) is 28.5 Å². The second-order valence-corrected chi connectivity index (χ2v) is 7.96. The van der Waals surface area contributed by atoms with E-state index in [1.54, 1.807) is 14.1 Å². The third-order valence-electron chi connectivity index (χ3n) is 4.89. The Morgan fingerprint density at radius 3 is 1.94 bits per heavy atom. The minimum Gasteiger partial charge on any atom is -0.480 e. The van der Waals surface area contributed by atoms with Crippen molar-refractivity contribution in [3.8, 4) is 0 Å². The molecular weight excluding hydrogens is 474 g/mol. The number of carbonyl (C=O) groups excluding carboxylic acids is 4. The molecule has 0 radical (unpaired) electrons. The highest BCUT2D eigenvalue weighted by Gasteiger charge is 2.23. The largest absolute Gasteiger partial charge is 0.480 e. The van der Waals surface area contributed by atoms with Crippen molar-refractivity contribution in [3.63, 3.8) is 0 Å². The Bertz CT molecular complexity index is 1210. The number of aromatic nitrogens is 2. The van der Waals surface area contributed by atoms with Gasteiger partial charge in [0.1, 0.15) is 30.0 Å². The van der Waals surface area contributed by atoms with Crippen LogP contribution in [0.2, 0.25) is 0 Å². The Kier molecular flexibility index (Phi) is 8.79. The molecule has 0 aliphatic carbocycles. The summed E-state index contributed by atoms with van der Waals surface area (Å²) in [5.41, 5.74) is 11.4. The van der Waals surface area contributed by atoms with Crippen molar-refractivity contribution in [2.24, 2.45) is 30.6 Å². The molecule has 2 aromatic heterocycles. The van der Waals surface area contributed by atoms with Gasteiger partial charge in [0.25, 0.3) is 11.8 Å². The number of carbonyl (C=O) groups is 5. The summed E-state index contributed by atoms with van der Waals surface area (Å²) in [4.78, 5) is 63.8. The molecule has 4 amide bonds. The van der Waals surface area contributed by atoms with Gasteiger partial charge in [-0.1, -0.05) is 0 Å². The lowest BCUT2D eigenvalue weighted by atomic mass is 10.2. The first-order valence-corrected chi connectivity index (χ1v) is 10.6. The number of amides is 4. The van der Waals surface area contributed by atoms with Gasteiger partial charge in [-0.25, -0.2) is 4.99 Å². The number of carboxylic acid groups (broad SMARTS) is 1. The van der Waals surface area contributed by atoms with Crippen molar-refractivity contribution in [2.75, 3.05) is 17.2 Å². The summed E-state index contributed by atoms with van der Waals surface area (Å²) in [6.07, 6.45) is 3.04. The molecule has 15 heteroatoms. The third kappa shape index (κ3) is 7.34. The molecule has 2 atom stereocenters. The zero-order chi connectivity index (χ0) is 27.2. The van der Waals surface area contributed by atoms with Crippen molar-refractivity contribution in [1.29, 1.82) is 0 Å². The van der Waals surface area contributed by atoms with Crippen LogP contribution in [0.15, 0.2) is 29.5 Å². The number of aliphatic imine (C=N–C) groups is 1. The van der Waals surface area contributed by atoms with Crippen molar-refractivity contribution in [1.82, 2.24) is 19.8 Å². The molecule has 15 nitrogen and oxygen atoms in total. The summed E-state index contributed by atoms with van der Waals surface area (Å²) in [6, 6.07) is 0.755. The van der Waals surface area contributed by atoms with Gasteiger partial charge in [0, 0.05) is 26.5 Å². The maximum absolute atomic E-state index is 12.8. The van der Waals surface area contributed by atoms with Gasteiger partial charge >= 0.3 is 5.97 Å². The Hall–Kier alpha value is -4.82. The fraction of sp³-hybridized carbons (Fsp3) is 0.333. The minimum absolute atomic E-state index is 0.149. The molecule has 0 aromatic carbocycles. The summed E-state index contributed by atoms with van der Waals surface area (Å²) >= 11 is 0. The lowest BCUT2D eigenvalue weighted by molar-refractivity contribution is -0.141. The molecule has 36 heavy (non-hydrogen) atoms. The molecule has 2 unspecified atom stereocenters. The Morgan fingerprint density at radius 1 is 0.889 bits per heavy atom. The van der Waals surface area contributed by atoms with Crippen LogP contribution in [0.4, 0.5) is 11.4 Å². The van der Waals surface area contributed by atoms with Crippen LogP contribution >= 0.6 is 0 Å².